The highest BCUT2D eigenvalue weighted by Gasteiger charge is 2.24. The molecule has 0 atom stereocenters. The zero-order chi connectivity index (χ0) is 18.1. The molecule has 0 saturated carbocycles. The summed E-state index contributed by atoms with van der Waals surface area (Å²) >= 11 is 0. The normalized spacial score (nSPS) is 10.8. The first-order valence-corrected chi connectivity index (χ1v) is 7.72. The first-order chi connectivity index (χ1) is 11.9. The van der Waals surface area contributed by atoms with Crippen LogP contribution in [0.4, 0.5) is 10.1 Å². The highest BCUT2D eigenvalue weighted by atomic mass is 19.1. The molecule has 0 fully saturated rings. The van der Waals surface area contributed by atoms with E-state index in [4.69, 9.17) is 14.9 Å². The lowest BCUT2D eigenvalue weighted by Gasteiger charge is -2.04. The Morgan fingerprint density at radius 1 is 1.20 bits per heavy atom. The zero-order valence-electron chi connectivity index (χ0n) is 13.8. The van der Waals surface area contributed by atoms with Crippen LogP contribution in [0.2, 0.25) is 0 Å². The lowest BCUT2D eigenvalue weighted by Crippen LogP contribution is -2.06. The highest BCUT2D eigenvalue weighted by molar-refractivity contribution is 6.12. The van der Waals surface area contributed by atoms with Crippen molar-refractivity contribution in [1.29, 1.82) is 0 Å². The summed E-state index contributed by atoms with van der Waals surface area (Å²) in [5.74, 6) is -0.965. The van der Waals surface area contributed by atoms with Gasteiger partial charge in [0.25, 0.3) is 0 Å². The van der Waals surface area contributed by atoms with Crippen molar-refractivity contribution >= 4 is 28.4 Å². The number of carbonyl (C=O) groups is 2. The molecule has 0 saturated heterocycles. The van der Waals surface area contributed by atoms with Crippen molar-refractivity contribution < 1.29 is 23.1 Å². The molecule has 2 aromatic carbocycles. The third-order valence-electron chi connectivity index (χ3n) is 3.83. The molecule has 0 aliphatic rings. The van der Waals surface area contributed by atoms with Crippen molar-refractivity contribution in [2.75, 3.05) is 12.3 Å². The number of fused-ring (bicyclic) bond motifs is 1. The maximum Gasteiger partial charge on any atom is 0.342 e. The van der Waals surface area contributed by atoms with Gasteiger partial charge in [-0.2, -0.15) is 0 Å². The van der Waals surface area contributed by atoms with E-state index in [1.807, 2.05) is 0 Å². The maximum atomic E-state index is 13.2. The van der Waals surface area contributed by atoms with Crippen LogP contribution in [0.3, 0.4) is 0 Å². The van der Waals surface area contributed by atoms with E-state index in [9.17, 15) is 14.0 Å². The molecule has 0 amide bonds. The van der Waals surface area contributed by atoms with Crippen molar-refractivity contribution in [3.63, 3.8) is 0 Å². The number of Topliss-reactive ketones (excluding diaryl/α,β-unsaturated/α-hetero) is 1. The summed E-state index contributed by atoms with van der Waals surface area (Å²) in [7, 11) is 0. The first-order valence-electron chi connectivity index (χ1n) is 7.72. The monoisotopic (exact) mass is 341 g/mol. The number of hydrogen-bond donors (Lipinski definition) is 1. The van der Waals surface area contributed by atoms with Gasteiger partial charge in [0.05, 0.1) is 6.61 Å². The standard InChI is InChI=1S/C19H16FNO4/c1-3-24-19(23)17-14-8-13(10(2)22)15(21)9-16(14)25-18(17)11-4-6-12(20)7-5-11/h4-9H,3,21H2,1-2H3. The van der Waals surface area contributed by atoms with Crippen LogP contribution < -0.4 is 5.73 Å². The minimum absolute atomic E-state index is 0.183. The zero-order valence-corrected chi connectivity index (χ0v) is 13.8. The second kappa shape index (κ2) is 6.39. The molecule has 0 radical (unpaired) electrons. The molecule has 3 rings (SSSR count). The van der Waals surface area contributed by atoms with Gasteiger partial charge in [-0.05, 0) is 44.2 Å². The summed E-state index contributed by atoms with van der Waals surface area (Å²) in [5, 5.41) is 0.428. The van der Waals surface area contributed by atoms with Crippen molar-refractivity contribution in [1.82, 2.24) is 0 Å². The van der Waals surface area contributed by atoms with E-state index in [0.717, 1.165) is 0 Å². The van der Waals surface area contributed by atoms with Crippen molar-refractivity contribution in [2.24, 2.45) is 0 Å². The summed E-state index contributed by atoms with van der Waals surface area (Å²) in [6.07, 6.45) is 0. The number of benzene rings is 2. The summed E-state index contributed by atoms with van der Waals surface area (Å²) < 4.78 is 24.1. The number of ketones is 1. The van der Waals surface area contributed by atoms with Crippen LogP contribution in [0.25, 0.3) is 22.3 Å². The van der Waals surface area contributed by atoms with Gasteiger partial charge >= 0.3 is 5.97 Å². The largest absolute Gasteiger partial charge is 0.462 e. The number of nitrogen functional groups attached to an aromatic ring is 1. The molecule has 1 aromatic heterocycles. The second-order valence-electron chi connectivity index (χ2n) is 5.53. The van der Waals surface area contributed by atoms with E-state index in [1.54, 1.807) is 6.92 Å². The second-order valence-corrected chi connectivity index (χ2v) is 5.53. The number of carbonyl (C=O) groups excluding carboxylic acids is 2. The topological polar surface area (TPSA) is 82.5 Å². The SMILES string of the molecule is CCOC(=O)c1c(-c2ccc(F)cc2)oc2cc(N)c(C(C)=O)cc12. The highest BCUT2D eigenvalue weighted by Crippen LogP contribution is 2.36. The Kier molecular flexibility index (Phi) is 4.27. The van der Waals surface area contributed by atoms with Crippen LogP contribution >= 0.6 is 0 Å². The van der Waals surface area contributed by atoms with Gasteiger partial charge < -0.3 is 14.9 Å². The summed E-state index contributed by atoms with van der Waals surface area (Å²) in [4.78, 5) is 24.2. The Morgan fingerprint density at radius 2 is 1.88 bits per heavy atom. The van der Waals surface area contributed by atoms with Gasteiger partial charge in [0.1, 0.15) is 22.7 Å². The van der Waals surface area contributed by atoms with Crippen LogP contribution in [0.1, 0.15) is 34.6 Å². The van der Waals surface area contributed by atoms with Gasteiger partial charge in [0.15, 0.2) is 5.78 Å². The number of nitrogens with two attached hydrogens (primary N) is 1. The molecule has 3 aromatic rings. The molecule has 0 aliphatic heterocycles. The molecule has 5 nitrogen and oxygen atoms in total. The van der Waals surface area contributed by atoms with Crippen LogP contribution in [0.5, 0.6) is 0 Å². The Balaban J connectivity index is 2.31. The fourth-order valence-electron chi connectivity index (χ4n) is 2.67. The number of rotatable bonds is 4. The van der Waals surface area contributed by atoms with E-state index >= 15 is 0 Å². The number of furan rings is 1. The third-order valence-corrected chi connectivity index (χ3v) is 3.83. The number of ether oxygens (including phenoxy) is 1. The fourth-order valence-corrected chi connectivity index (χ4v) is 2.67. The Hall–Kier alpha value is -3.15. The van der Waals surface area contributed by atoms with Crippen molar-refractivity contribution in [2.45, 2.75) is 13.8 Å². The molecule has 2 N–H and O–H groups in total. The van der Waals surface area contributed by atoms with E-state index < -0.39 is 11.8 Å². The molecule has 1 heterocycles. The van der Waals surface area contributed by atoms with Gasteiger partial charge in [-0.25, -0.2) is 9.18 Å². The summed E-state index contributed by atoms with van der Waals surface area (Å²) in [5.41, 5.74) is 7.50. The molecular formula is C19H16FNO4. The van der Waals surface area contributed by atoms with Crippen molar-refractivity contribution in [3.8, 4) is 11.3 Å². The summed E-state index contributed by atoms with van der Waals surface area (Å²) in [6, 6.07) is 8.58. The van der Waals surface area contributed by atoms with Gasteiger partial charge in [0.2, 0.25) is 0 Å². The molecule has 25 heavy (non-hydrogen) atoms. The number of esters is 1. The van der Waals surface area contributed by atoms with E-state index in [0.29, 0.717) is 22.1 Å². The van der Waals surface area contributed by atoms with E-state index in [1.165, 1.54) is 43.3 Å². The average Bonchev–Trinajstić information content (AvgIpc) is 2.93. The number of anilines is 1. The van der Waals surface area contributed by atoms with Crippen LogP contribution in [-0.2, 0) is 4.74 Å². The molecule has 0 aliphatic carbocycles. The van der Waals surface area contributed by atoms with Gasteiger partial charge in [-0.1, -0.05) is 0 Å². The maximum absolute atomic E-state index is 13.2. The minimum Gasteiger partial charge on any atom is -0.462 e. The van der Waals surface area contributed by atoms with Crippen molar-refractivity contribution in [3.05, 3.63) is 53.3 Å². The van der Waals surface area contributed by atoms with Gasteiger partial charge in [-0.15, -0.1) is 0 Å². The van der Waals surface area contributed by atoms with E-state index in [-0.39, 0.29) is 29.4 Å². The molecule has 0 unspecified atom stereocenters. The molecular weight excluding hydrogens is 325 g/mol. The summed E-state index contributed by atoms with van der Waals surface area (Å²) in [6.45, 7) is 3.27. The molecule has 6 heteroatoms. The first kappa shape index (κ1) is 16.7. The lowest BCUT2D eigenvalue weighted by molar-refractivity contribution is 0.0528. The average molecular weight is 341 g/mol. The van der Waals surface area contributed by atoms with E-state index in [2.05, 4.69) is 0 Å². The van der Waals surface area contributed by atoms with Gasteiger partial charge in [-0.3, -0.25) is 4.79 Å². The lowest BCUT2D eigenvalue weighted by atomic mass is 10.0. The quantitative estimate of drug-likeness (QED) is 0.437. The van der Waals surface area contributed by atoms with Crippen LogP contribution in [-0.4, -0.2) is 18.4 Å². The third kappa shape index (κ3) is 2.98. The van der Waals surface area contributed by atoms with Crippen LogP contribution in [0.15, 0.2) is 40.8 Å². The fraction of sp³-hybridized carbons (Fsp3) is 0.158. The Bertz CT molecular complexity index is 973. The predicted octanol–water partition coefficient (Wildman–Crippen LogP) is 4.20. The number of hydrogen-bond acceptors (Lipinski definition) is 5. The molecule has 0 bridgehead atoms. The Morgan fingerprint density at radius 3 is 2.48 bits per heavy atom. The number of halogens is 1. The molecule has 0 spiro atoms. The Labute approximate surface area is 143 Å². The predicted molar refractivity (Wildman–Crippen MR) is 92.0 cm³/mol. The van der Waals surface area contributed by atoms with Crippen LogP contribution in [0, 0.1) is 5.82 Å². The smallest absolute Gasteiger partial charge is 0.342 e. The van der Waals surface area contributed by atoms with Gasteiger partial charge in [0, 0.05) is 28.3 Å². The molecule has 128 valence electrons. The minimum atomic E-state index is -0.583.